The highest BCUT2D eigenvalue weighted by Crippen LogP contribution is 2.24. The predicted octanol–water partition coefficient (Wildman–Crippen LogP) is 1.55. The molecular weight excluding hydrogens is 320 g/mol. The lowest BCUT2D eigenvalue weighted by Crippen LogP contribution is -2.36. The van der Waals surface area contributed by atoms with Crippen LogP contribution >= 0.6 is 0 Å². The van der Waals surface area contributed by atoms with Gasteiger partial charge in [-0.1, -0.05) is 6.42 Å². The summed E-state index contributed by atoms with van der Waals surface area (Å²) in [6.45, 7) is 6.65. The summed E-state index contributed by atoms with van der Waals surface area (Å²) >= 11 is 0. The molecule has 7 nitrogen and oxygen atoms in total. The van der Waals surface area contributed by atoms with Crippen LogP contribution in [0, 0.1) is 6.92 Å². The van der Waals surface area contributed by atoms with Crippen LogP contribution in [0.2, 0.25) is 0 Å². The lowest BCUT2D eigenvalue weighted by atomic mass is 9.95. The number of unbranched alkanes of at least 4 members (excludes halogenated alkanes) is 1. The molecule has 0 saturated carbocycles. The Hall–Kier alpha value is -2.02. The molecule has 7 heteroatoms. The van der Waals surface area contributed by atoms with Crippen LogP contribution < -0.4 is 5.73 Å². The number of amides is 1. The number of hydrogen-bond donors (Lipinski definition) is 1. The van der Waals surface area contributed by atoms with Crippen molar-refractivity contribution in [3.63, 3.8) is 0 Å². The van der Waals surface area contributed by atoms with Crippen LogP contribution in [0.25, 0.3) is 0 Å². The van der Waals surface area contributed by atoms with Crippen molar-refractivity contribution in [2.24, 2.45) is 5.73 Å². The number of carbonyl (C=O) groups excluding carboxylic acids is 2. The van der Waals surface area contributed by atoms with Crippen LogP contribution in [0.5, 0.6) is 0 Å². The highest BCUT2D eigenvalue weighted by molar-refractivity contribution is 5.84. The quantitative estimate of drug-likeness (QED) is 0.565. The van der Waals surface area contributed by atoms with Crippen molar-refractivity contribution in [3.05, 3.63) is 23.8 Å². The second-order valence-electron chi connectivity index (χ2n) is 6.59. The number of likely N-dealkylation sites (tertiary alicyclic amines) is 1. The van der Waals surface area contributed by atoms with Crippen molar-refractivity contribution in [2.75, 3.05) is 13.2 Å². The van der Waals surface area contributed by atoms with E-state index in [-0.39, 0.29) is 29.9 Å². The maximum absolute atomic E-state index is 12.3. The molecule has 0 bridgehead atoms. The third-order valence-electron chi connectivity index (χ3n) is 4.64. The molecule has 2 heterocycles. The fourth-order valence-corrected chi connectivity index (χ4v) is 3.23. The molecule has 1 saturated heterocycles. The average molecular weight is 348 g/mol. The third-order valence-corrected chi connectivity index (χ3v) is 4.64. The average Bonchev–Trinajstić information content (AvgIpc) is 2.82. The van der Waals surface area contributed by atoms with Crippen molar-refractivity contribution in [1.82, 2.24) is 14.9 Å². The Morgan fingerprint density at radius 1 is 1.40 bits per heavy atom. The molecule has 1 aliphatic heterocycles. The van der Waals surface area contributed by atoms with Crippen LogP contribution in [-0.2, 0) is 14.3 Å². The molecule has 0 aliphatic carbocycles. The summed E-state index contributed by atoms with van der Waals surface area (Å²) in [5, 5.41) is 0. The molecule has 0 radical (unpaired) electrons. The Bertz CT molecular complexity index is 590. The van der Waals surface area contributed by atoms with Gasteiger partial charge in [0.1, 0.15) is 5.82 Å². The normalized spacial score (nSPS) is 21.4. The molecule has 1 aliphatic rings. The molecular formula is C18H28N4O3. The van der Waals surface area contributed by atoms with E-state index in [1.165, 1.54) is 0 Å². The monoisotopic (exact) mass is 348 g/mol. The zero-order valence-electron chi connectivity index (χ0n) is 15.3. The Labute approximate surface area is 149 Å². The van der Waals surface area contributed by atoms with E-state index in [9.17, 15) is 9.59 Å². The molecule has 1 aromatic heterocycles. The smallest absolute Gasteiger partial charge is 0.313 e. The van der Waals surface area contributed by atoms with Crippen LogP contribution in [0.4, 0.5) is 0 Å². The third kappa shape index (κ3) is 4.98. The molecule has 2 rings (SSSR count). The fraction of sp³-hybridized carbons (Fsp3) is 0.667. The molecule has 138 valence electrons. The summed E-state index contributed by atoms with van der Waals surface area (Å²) in [6, 6.07) is -0.180. The van der Waals surface area contributed by atoms with Crippen molar-refractivity contribution in [2.45, 2.75) is 64.5 Å². The number of rotatable bonds is 8. The summed E-state index contributed by atoms with van der Waals surface area (Å²) in [7, 11) is 0. The van der Waals surface area contributed by atoms with Crippen molar-refractivity contribution >= 4 is 11.9 Å². The lowest BCUT2D eigenvalue weighted by molar-refractivity contribution is -0.145. The van der Waals surface area contributed by atoms with E-state index in [2.05, 4.69) is 9.97 Å². The zero-order valence-corrected chi connectivity index (χ0v) is 15.3. The van der Waals surface area contributed by atoms with E-state index >= 15 is 0 Å². The summed E-state index contributed by atoms with van der Waals surface area (Å²) in [4.78, 5) is 34.5. The molecule has 2 N–H and O–H groups in total. The van der Waals surface area contributed by atoms with E-state index in [0.717, 1.165) is 18.4 Å². The molecule has 1 unspecified atom stereocenters. The van der Waals surface area contributed by atoms with Crippen LogP contribution in [0.3, 0.4) is 0 Å². The molecule has 3 atom stereocenters. The second kappa shape index (κ2) is 8.89. The number of aryl methyl sites for hydroxylation is 1. The summed E-state index contributed by atoms with van der Waals surface area (Å²) in [5.41, 5.74) is 6.58. The molecule has 1 aromatic rings. The maximum atomic E-state index is 12.3. The predicted molar refractivity (Wildman–Crippen MR) is 93.8 cm³/mol. The number of hydrogen-bond acceptors (Lipinski definition) is 6. The summed E-state index contributed by atoms with van der Waals surface area (Å²) in [6.07, 6.45) is 6.37. The highest BCUT2D eigenvalue weighted by atomic mass is 16.5. The topological polar surface area (TPSA) is 98.4 Å². The molecule has 0 spiro atoms. The van der Waals surface area contributed by atoms with Gasteiger partial charge < -0.3 is 15.4 Å². The van der Waals surface area contributed by atoms with Crippen molar-refractivity contribution in [1.29, 1.82) is 0 Å². The zero-order chi connectivity index (χ0) is 18.4. The van der Waals surface area contributed by atoms with Crippen LogP contribution in [-0.4, -0.2) is 52.0 Å². The van der Waals surface area contributed by atoms with Gasteiger partial charge in [0.15, 0.2) is 0 Å². The molecule has 0 aromatic carbocycles. The van der Waals surface area contributed by atoms with E-state index in [4.69, 9.17) is 10.5 Å². The van der Waals surface area contributed by atoms with E-state index in [1.807, 2.05) is 18.7 Å². The SMILES string of the molecule is CCOC(=O)C(CCCCN1C(=O)[C@@H](N)C[C@H]1C)c1cnc(C)nc1. The number of aromatic nitrogens is 2. The highest BCUT2D eigenvalue weighted by Gasteiger charge is 2.34. The largest absolute Gasteiger partial charge is 0.466 e. The Morgan fingerprint density at radius 3 is 2.64 bits per heavy atom. The van der Waals surface area contributed by atoms with Gasteiger partial charge in [0, 0.05) is 30.5 Å². The van der Waals surface area contributed by atoms with Crippen molar-refractivity contribution < 1.29 is 14.3 Å². The first-order valence-electron chi connectivity index (χ1n) is 8.95. The standard InChI is InChI=1S/C18H28N4O3/c1-4-25-18(24)15(14-10-20-13(3)21-11-14)7-5-6-8-22-12(2)9-16(19)17(22)23/h10-12,15-16H,4-9,19H2,1-3H3/t12-,15?,16+/m1/s1. The van der Waals surface area contributed by atoms with Gasteiger partial charge in [-0.2, -0.15) is 0 Å². The van der Waals surface area contributed by atoms with Gasteiger partial charge in [0.05, 0.1) is 18.6 Å². The molecule has 1 fully saturated rings. The second-order valence-corrected chi connectivity index (χ2v) is 6.59. The summed E-state index contributed by atoms with van der Waals surface area (Å²) in [5.74, 6) is 0.0858. The van der Waals surface area contributed by atoms with E-state index in [0.29, 0.717) is 31.8 Å². The molecule has 25 heavy (non-hydrogen) atoms. The minimum absolute atomic E-state index is 0.0291. The van der Waals surface area contributed by atoms with Crippen LogP contribution in [0.15, 0.2) is 12.4 Å². The van der Waals surface area contributed by atoms with E-state index < -0.39 is 0 Å². The van der Waals surface area contributed by atoms with Crippen LogP contribution in [0.1, 0.15) is 56.8 Å². The van der Waals surface area contributed by atoms with Gasteiger partial charge in [-0.05, 0) is 40.0 Å². The van der Waals surface area contributed by atoms with Gasteiger partial charge in [-0.3, -0.25) is 9.59 Å². The first-order chi connectivity index (χ1) is 11.9. The number of nitrogens with zero attached hydrogens (tertiary/aromatic N) is 3. The Morgan fingerprint density at radius 2 is 2.08 bits per heavy atom. The lowest BCUT2D eigenvalue weighted by Gasteiger charge is -2.22. The van der Waals surface area contributed by atoms with Gasteiger partial charge >= 0.3 is 5.97 Å². The number of esters is 1. The minimum atomic E-state index is -0.369. The number of ether oxygens (including phenoxy) is 1. The van der Waals surface area contributed by atoms with Crippen molar-refractivity contribution in [3.8, 4) is 0 Å². The molecule has 1 amide bonds. The number of nitrogens with two attached hydrogens (primary N) is 1. The fourth-order valence-electron chi connectivity index (χ4n) is 3.23. The Kier molecular flexibility index (Phi) is 6.87. The first-order valence-corrected chi connectivity index (χ1v) is 8.95. The maximum Gasteiger partial charge on any atom is 0.313 e. The first kappa shape index (κ1) is 19.3. The Balaban J connectivity index is 1.90. The van der Waals surface area contributed by atoms with E-state index in [1.54, 1.807) is 19.3 Å². The van der Waals surface area contributed by atoms with Gasteiger partial charge in [-0.25, -0.2) is 9.97 Å². The van der Waals surface area contributed by atoms with Gasteiger partial charge in [-0.15, -0.1) is 0 Å². The minimum Gasteiger partial charge on any atom is -0.466 e. The number of carbonyl (C=O) groups is 2. The van der Waals surface area contributed by atoms with Gasteiger partial charge in [0.25, 0.3) is 0 Å². The summed E-state index contributed by atoms with van der Waals surface area (Å²) < 4.78 is 5.19. The van der Waals surface area contributed by atoms with Gasteiger partial charge in [0.2, 0.25) is 5.91 Å².